The van der Waals surface area contributed by atoms with E-state index in [-0.39, 0.29) is 16.9 Å². The molecule has 2 aromatic rings. The lowest BCUT2D eigenvalue weighted by atomic mass is 9.97. The average molecular weight is 246 g/mol. The first kappa shape index (κ1) is 12.1. The average Bonchev–Trinajstić information content (AvgIpc) is 2.32. The van der Waals surface area contributed by atoms with E-state index in [1.165, 1.54) is 12.1 Å². The number of phenolic OH excluding ortho intramolecular Hbond substituents is 1. The normalized spacial score (nSPS) is 10.3. The van der Waals surface area contributed by atoms with E-state index in [0.29, 0.717) is 5.56 Å². The molecule has 2 N–H and O–H groups in total. The number of halogens is 1. The number of hydrogen-bond acceptors (Lipinski definition) is 2. The lowest BCUT2D eigenvalue weighted by Gasteiger charge is -2.09. The number of rotatable bonds is 2. The minimum absolute atomic E-state index is 0.0379. The Morgan fingerprint density at radius 3 is 2.50 bits per heavy atom. The van der Waals surface area contributed by atoms with Gasteiger partial charge in [-0.1, -0.05) is 17.7 Å². The van der Waals surface area contributed by atoms with E-state index in [9.17, 15) is 14.3 Å². The standard InChI is InChI=1S/C14H11FO3/c1-8-2-4-10(12(6-8)14(17)18)11-7-9(15)3-5-13(11)16/h2-7,16H,1H3,(H,17,18). The summed E-state index contributed by atoms with van der Waals surface area (Å²) in [6, 6.07) is 8.21. The van der Waals surface area contributed by atoms with Gasteiger partial charge in [0.2, 0.25) is 0 Å². The van der Waals surface area contributed by atoms with Crippen molar-refractivity contribution >= 4 is 5.97 Å². The van der Waals surface area contributed by atoms with Gasteiger partial charge in [0.25, 0.3) is 0 Å². The molecule has 0 saturated heterocycles. The molecule has 0 aliphatic rings. The molecule has 0 atom stereocenters. The quantitative estimate of drug-likeness (QED) is 0.855. The van der Waals surface area contributed by atoms with Crippen LogP contribution in [0.2, 0.25) is 0 Å². The molecular formula is C14H11FO3. The molecule has 0 aliphatic heterocycles. The molecule has 3 nitrogen and oxygen atoms in total. The first-order valence-electron chi connectivity index (χ1n) is 5.32. The second-order valence-electron chi connectivity index (χ2n) is 4.02. The van der Waals surface area contributed by atoms with E-state index < -0.39 is 11.8 Å². The van der Waals surface area contributed by atoms with Crippen molar-refractivity contribution in [2.24, 2.45) is 0 Å². The molecule has 0 heterocycles. The van der Waals surface area contributed by atoms with E-state index in [0.717, 1.165) is 17.7 Å². The minimum Gasteiger partial charge on any atom is -0.507 e. The van der Waals surface area contributed by atoms with Crippen molar-refractivity contribution in [3.8, 4) is 16.9 Å². The summed E-state index contributed by atoms with van der Waals surface area (Å²) in [4.78, 5) is 11.2. The Morgan fingerprint density at radius 1 is 1.11 bits per heavy atom. The van der Waals surface area contributed by atoms with Crippen molar-refractivity contribution in [3.05, 3.63) is 53.3 Å². The molecule has 0 amide bonds. The van der Waals surface area contributed by atoms with Gasteiger partial charge in [-0.3, -0.25) is 0 Å². The second kappa shape index (κ2) is 4.49. The van der Waals surface area contributed by atoms with Crippen molar-refractivity contribution in [2.75, 3.05) is 0 Å². The molecule has 0 spiro atoms. The topological polar surface area (TPSA) is 57.5 Å². The van der Waals surface area contributed by atoms with Gasteiger partial charge in [0.15, 0.2) is 0 Å². The number of carboxylic acids is 1. The van der Waals surface area contributed by atoms with Gasteiger partial charge < -0.3 is 10.2 Å². The Hall–Kier alpha value is -2.36. The Bertz CT molecular complexity index is 620. The number of carboxylic acid groups (broad SMARTS) is 1. The van der Waals surface area contributed by atoms with Crippen molar-refractivity contribution in [1.29, 1.82) is 0 Å². The summed E-state index contributed by atoms with van der Waals surface area (Å²) < 4.78 is 13.2. The highest BCUT2D eigenvalue weighted by atomic mass is 19.1. The fraction of sp³-hybridized carbons (Fsp3) is 0.0714. The van der Waals surface area contributed by atoms with Gasteiger partial charge in [-0.05, 0) is 36.8 Å². The van der Waals surface area contributed by atoms with Crippen LogP contribution in [0.25, 0.3) is 11.1 Å². The summed E-state index contributed by atoms with van der Waals surface area (Å²) >= 11 is 0. The highest BCUT2D eigenvalue weighted by molar-refractivity contribution is 5.97. The van der Waals surface area contributed by atoms with Crippen LogP contribution in [-0.4, -0.2) is 16.2 Å². The van der Waals surface area contributed by atoms with Crippen LogP contribution < -0.4 is 0 Å². The van der Waals surface area contributed by atoms with E-state index in [1.807, 2.05) is 0 Å². The van der Waals surface area contributed by atoms with Crippen LogP contribution in [0.3, 0.4) is 0 Å². The van der Waals surface area contributed by atoms with Crippen molar-refractivity contribution in [2.45, 2.75) is 6.92 Å². The number of aromatic carboxylic acids is 1. The first-order chi connectivity index (χ1) is 8.49. The van der Waals surface area contributed by atoms with Gasteiger partial charge >= 0.3 is 5.97 Å². The minimum atomic E-state index is -1.11. The fourth-order valence-electron chi connectivity index (χ4n) is 1.79. The number of hydrogen-bond donors (Lipinski definition) is 2. The molecule has 4 heteroatoms. The zero-order valence-corrected chi connectivity index (χ0v) is 9.64. The zero-order chi connectivity index (χ0) is 13.3. The molecule has 0 bridgehead atoms. The Balaban J connectivity index is 2.70. The molecule has 0 fully saturated rings. The highest BCUT2D eigenvalue weighted by Gasteiger charge is 2.15. The lowest BCUT2D eigenvalue weighted by Crippen LogP contribution is -2.00. The predicted molar refractivity (Wildman–Crippen MR) is 65.2 cm³/mol. The van der Waals surface area contributed by atoms with Crippen LogP contribution in [0.4, 0.5) is 4.39 Å². The van der Waals surface area contributed by atoms with E-state index in [1.54, 1.807) is 19.1 Å². The summed E-state index contributed by atoms with van der Waals surface area (Å²) in [5.41, 5.74) is 1.29. The molecule has 0 aliphatic carbocycles. The van der Waals surface area contributed by atoms with Crippen LogP contribution in [0.1, 0.15) is 15.9 Å². The van der Waals surface area contributed by atoms with Gasteiger partial charge in [0, 0.05) is 5.56 Å². The molecule has 2 rings (SSSR count). The summed E-state index contributed by atoms with van der Waals surface area (Å²) in [7, 11) is 0. The summed E-state index contributed by atoms with van der Waals surface area (Å²) in [6.45, 7) is 1.77. The Kier molecular flexibility index (Phi) is 3.02. The smallest absolute Gasteiger partial charge is 0.336 e. The van der Waals surface area contributed by atoms with E-state index >= 15 is 0 Å². The monoisotopic (exact) mass is 246 g/mol. The highest BCUT2D eigenvalue weighted by Crippen LogP contribution is 2.32. The molecule has 0 radical (unpaired) electrons. The van der Waals surface area contributed by atoms with Gasteiger partial charge in [0.05, 0.1) is 5.56 Å². The largest absolute Gasteiger partial charge is 0.507 e. The molecule has 92 valence electrons. The maximum atomic E-state index is 13.2. The third-order valence-electron chi connectivity index (χ3n) is 2.65. The maximum Gasteiger partial charge on any atom is 0.336 e. The van der Waals surface area contributed by atoms with Gasteiger partial charge in [-0.25, -0.2) is 9.18 Å². The zero-order valence-electron chi connectivity index (χ0n) is 9.64. The maximum absolute atomic E-state index is 13.2. The van der Waals surface area contributed by atoms with Crippen LogP contribution in [0.5, 0.6) is 5.75 Å². The molecular weight excluding hydrogens is 235 g/mol. The van der Waals surface area contributed by atoms with Crippen LogP contribution in [0.15, 0.2) is 36.4 Å². The number of carbonyl (C=O) groups is 1. The summed E-state index contributed by atoms with van der Waals surface area (Å²) in [6.07, 6.45) is 0. The third kappa shape index (κ3) is 2.18. The SMILES string of the molecule is Cc1ccc(-c2cc(F)ccc2O)c(C(=O)O)c1. The molecule has 0 unspecified atom stereocenters. The number of benzene rings is 2. The Morgan fingerprint density at radius 2 is 1.83 bits per heavy atom. The Labute approximate surface area is 103 Å². The van der Waals surface area contributed by atoms with Crippen molar-refractivity contribution in [1.82, 2.24) is 0 Å². The van der Waals surface area contributed by atoms with Crippen LogP contribution >= 0.6 is 0 Å². The third-order valence-corrected chi connectivity index (χ3v) is 2.65. The molecule has 2 aromatic carbocycles. The summed E-state index contributed by atoms with van der Waals surface area (Å²) in [5.74, 6) is -1.79. The molecule has 0 aromatic heterocycles. The lowest BCUT2D eigenvalue weighted by molar-refractivity contribution is 0.0697. The predicted octanol–water partition coefficient (Wildman–Crippen LogP) is 3.20. The molecule has 18 heavy (non-hydrogen) atoms. The number of aryl methyl sites for hydroxylation is 1. The van der Waals surface area contributed by atoms with Crippen molar-refractivity contribution in [3.63, 3.8) is 0 Å². The fourth-order valence-corrected chi connectivity index (χ4v) is 1.79. The van der Waals surface area contributed by atoms with Crippen LogP contribution in [0, 0.1) is 12.7 Å². The van der Waals surface area contributed by atoms with Gasteiger partial charge in [0.1, 0.15) is 11.6 Å². The van der Waals surface area contributed by atoms with Crippen molar-refractivity contribution < 1.29 is 19.4 Å². The van der Waals surface area contributed by atoms with E-state index in [2.05, 4.69) is 0 Å². The second-order valence-corrected chi connectivity index (χ2v) is 4.02. The van der Waals surface area contributed by atoms with Gasteiger partial charge in [-0.2, -0.15) is 0 Å². The van der Waals surface area contributed by atoms with Gasteiger partial charge in [-0.15, -0.1) is 0 Å². The first-order valence-corrected chi connectivity index (χ1v) is 5.32. The van der Waals surface area contributed by atoms with E-state index in [4.69, 9.17) is 5.11 Å². The molecule has 0 saturated carbocycles. The number of phenols is 1. The number of aromatic hydroxyl groups is 1. The summed E-state index contributed by atoms with van der Waals surface area (Å²) in [5, 5.41) is 18.8. The van der Waals surface area contributed by atoms with Crippen LogP contribution in [-0.2, 0) is 0 Å².